The van der Waals surface area contributed by atoms with Crippen LogP contribution in [0.4, 0.5) is 14.5 Å². The Labute approximate surface area is 91.0 Å². The normalized spacial score (nSPS) is 10.7. The van der Waals surface area contributed by atoms with Gasteiger partial charge in [0, 0.05) is 11.5 Å². The maximum Gasteiger partial charge on any atom is 0.323 e. The molecule has 0 aliphatic rings. The number of rotatable bonds is 3. The molecule has 1 N–H and O–H groups in total. The van der Waals surface area contributed by atoms with Gasteiger partial charge in [-0.25, -0.2) is 8.78 Å². The Morgan fingerprint density at radius 2 is 2.27 bits per heavy atom. The monoisotopic (exact) mass is 282 g/mol. The van der Waals surface area contributed by atoms with E-state index in [-0.39, 0.29) is 11.0 Å². The van der Waals surface area contributed by atoms with Gasteiger partial charge in [0.15, 0.2) is 0 Å². The molecule has 0 atom stereocenters. The van der Waals surface area contributed by atoms with Crippen LogP contribution >= 0.6 is 15.9 Å². The molecule has 1 aromatic heterocycles. The van der Waals surface area contributed by atoms with Crippen molar-refractivity contribution in [3.63, 3.8) is 0 Å². The first-order valence-electron chi connectivity index (χ1n) is 3.68. The molecule has 1 heterocycles. The Morgan fingerprint density at radius 3 is 2.67 bits per heavy atom. The Morgan fingerprint density at radius 1 is 1.67 bits per heavy atom. The number of aromatic nitrogens is 1. The van der Waals surface area contributed by atoms with Crippen LogP contribution in [0.2, 0.25) is 0 Å². The summed E-state index contributed by atoms with van der Waals surface area (Å²) in [6, 6.07) is 0. The Kier molecular flexibility index (Phi) is 3.51. The molecule has 0 aromatic carbocycles. The van der Waals surface area contributed by atoms with E-state index in [9.17, 15) is 24.0 Å². The second-order valence-electron chi connectivity index (χ2n) is 2.55. The fourth-order valence-electron chi connectivity index (χ4n) is 0.993. The third-order valence-electron chi connectivity index (χ3n) is 1.67. The standard InChI is InChI=1S/C7H5BrF2N2O3/c8-1-4-6(13)5(12(14)15)3(2-11-4)7(9)10/h2,7,13H,1H2. The van der Waals surface area contributed by atoms with E-state index < -0.39 is 28.3 Å². The van der Waals surface area contributed by atoms with Gasteiger partial charge in [-0.3, -0.25) is 15.1 Å². The van der Waals surface area contributed by atoms with Crippen molar-refractivity contribution in [3.8, 4) is 5.75 Å². The highest BCUT2D eigenvalue weighted by Gasteiger charge is 2.28. The summed E-state index contributed by atoms with van der Waals surface area (Å²) in [4.78, 5) is 12.9. The van der Waals surface area contributed by atoms with Crippen LogP contribution in [0.25, 0.3) is 0 Å². The fraction of sp³-hybridized carbons (Fsp3) is 0.286. The molecule has 8 heteroatoms. The summed E-state index contributed by atoms with van der Waals surface area (Å²) >= 11 is 2.92. The van der Waals surface area contributed by atoms with Crippen LogP contribution < -0.4 is 0 Å². The third-order valence-corrected chi connectivity index (χ3v) is 2.21. The molecule has 0 aliphatic heterocycles. The van der Waals surface area contributed by atoms with Crippen LogP contribution in [0, 0.1) is 10.1 Å². The van der Waals surface area contributed by atoms with E-state index in [1.54, 1.807) is 0 Å². The molecular formula is C7H5BrF2N2O3. The predicted molar refractivity (Wildman–Crippen MR) is 50.1 cm³/mol. The van der Waals surface area contributed by atoms with Gasteiger partial charge < -0.3 is 5.11 Å². The van der Waals surface area contributed by atoms with Crippen LogP contribution in [0.5, 0.6) is 5.75 Å². The van der Waals surface area contributed by atoms with Gasteiger partial charge in [0.05, 0.1) is 10.6 Å². The zero-order chi connectivity index (χ0) is 11.6. The van der Waals surface area contributed by atoms with E-state index in [0.717, 1.165) is 0 Å². The molecule has 0 radical (unpaired) electrons. The summed E-state index contributed by atoms with van der Waals surface area (Å²) in [5, 5.41) is 19.9. The molecule has 1 rings (SSSR count). The van der Waals surface area contributed by atoms with Crippen LogP contribution in [0.1, 0.15) is 17.7 Å². The fourth-order valence-corrected chi connectivity index (χ4v) is 1.40. The summed E-state index contributed by atoms with van der Waals surface area (Å²) in [6.07, 6.45) is -2.35. The van der Waals surface area contributed by atoms with Gasteiger partial charge in [-0.05, 0) is 0 Å². The van der Waals surface area contributed by atoms with Gasteiger partial charge in [0.2, 0.25) is 5.75 Å². The number of aromatic hydroxyl groups is 1. The molecule has 0 saturated carbocycles. The Bertz CT molecular complexity index is 400. The highest BCUT2D eigenvalue weighted by molar-refractivity contribution is 9.08. The molecule has 0 fully saturated rings. The predicted octanol–water partition coefficient (Wildman–Crippen LogP) is 2.53. The number of nitrogens with zero attached hydrogens (tertiary/aromatic N) is 2. The maximum absolute atomic E-state index is 12.3. The molecule has 0 amide bonds. The van der Waals surface area contributed by atoms with Gasteiger partial charge in [0.1, 0.15) is 5.56 Å². The Balaban J connectivity index is 3.44. The molecule has 5 nitrogen and oxygen atoms in total. The summed E-state index contributed by atoms with van der Waals surface area (Å²) in [7, 11) is 0. The van der Waals surface area contributed by atoms with Crippen LogP contribution in [-0.2, 0) is 5.33 Å². The second-order valence-corrected chi connectivity index (χ2v) is 3.11. The number of hydrogen-bond acceptors (Lipinski definition) is 4. The number of alkyl halides is 3. The molecule has 0 unspecified atom stereocenters. The lowest BCUT2D eigenvalue weighted by Crippen LogP contribution is -2.00. The van der Waals surface area contributed by atoms with Crippen molar-refractivity contribution in [3.05, 3.63) is 27.6 Å². The summed E-state index contributed by atoms with van der Waals surface area (Å²) in [5.41, 5.74) is -1.93. The van der Waals surface area contributed by atoms with Gasteiger partial charge in [0.25, 0.3) is 6.43 Å². The van der Waals surface area contributed by atoms with Gasteiger partial charge >= 0.3 is 5.69 Å². The third kappa shape index (κ3) is 2.20. The second kappa shape index (κ2) is 4.47. The van der Waals surface area contributed by atoms with Crippen LogP contribution in [0.15, 0.2) is 6.20 Å². The van der Waals surface area contributed by atoms with Crippen molar-refractivity contribution in [2.24, 2.45) is 0 Å². The largest absolute Gasteiger partial charge is 0.501 e. The van der Waals surface area contributed by atoms with E-state index in [1.165, 1.54) is 0 Å². The molecule has 0 spiro atoms. The average Bonchev–Trinajstić information content (AvgIpc) is 2.16. The average molecular weight is 283 g/mol. The molecule has 0 bridgehead atoms. The minimum Gasteiger partial charge on any atom is -0.501 e. The lowest BCUT2D eigenvalue weighted by Gasteiger charge is -2.05. The van der Waals surface area contributed by atoms with Crippen molar-refractivity contribution >= 4 is 21.6 Å². The van der Waals surface area contributed by atoms with E-state index in [0.29, 0.717) is 6.20 Å². The van der Waals surface area contributed by atoms with Gasteiger partial charge in [-0.1, -0.05) is 15.9 Å². The van der Waals surface area contributed by atoms with Crippen molar-refractivity contribution in [1.29, 1.82) is 0 Å². The number of halogens is 3. The summed E-state index contributed by atoms with van der Waals surface area (Å²) in [5.74, 6) is -0.824. The zero-order valence-electron chi connectivity index (χ0n) is 7.15. The van der Waals surface area contributed by atoms with Crippen LogP contribution in [0.3, 0.4) is 0 Å². The number of pyridine rings is 1. The summed E-state index contributed by atoms with van der Waals surface area (Å²) in [6.45, 7) is 0. The first-order chi connectivity index (χ1) is 6.99. The molecule has 15 heavy (non-hydrogen) atoms. The van der Waals surface area contributed by atoms with E-state index >= 15 is 0 Å². The molecule has 82 valence electrons. The Hall–Kier alpha value is -1.31. The van der Waals surface area contributed by atoms with Gasteiger partial charge in [-0.15, -0.1) is 0 Å². The minimum absolute atomic E-state index is 0.0448. The lowest BCUT2D eigenvalue weighted by molar-refractivity contribution is -0.387. The van der Waals surface area contributed by atoms with Crippen molar-refractivity contribution in [2.75, 3.05) is 0 Å². The summed E-state index contributed by atoms with van der Waals surface area (Å²) < 4.78 is 24.7. The molecular weight excluding hydrogens is 278 g/mol. The molecule has 0 saturated heterocycles. The number of nitro groups is 1. The van der Waals surface area contributed by atoms with Crippen molar-refractivity contribution in [2.45, 2.75) is 11.8 Å². The molecule has 0 aliphatic carbocycles. The smallest absolute Gasteiger partial charge is 0.323 e. The first kappa shape index (κ1) is 11.8. The number of hydrogen-bond donors (Lipinski definition) is 1. The van der Waals surface area contributed by atoms with E-state index in [2.05, 4.69) is 20.9 Å². The van der Waals surface area contributed by atoms with E-state index in [4.69, 9.17) is 0 Å². The minimum atomic E-state index is -3.05. The van der Waals surface area contributed by atoms with E-state index in [1.807, 2.05) is 0 Å². The van der Waals surface area contributed by atoms with Crippen molar-refractivity contribution in [1.82, 2.24) is 4.98 Å². The quantitative estimate of drug-likeness (QED) is 0.525. The highest BCUT2D eigenvalue weighted by atomic mass is 79.9. The SMILES string of the molecule is O=[N+]([O-])c1c(C(F)F)cnc(CBr)c1O. The highest BCUT2D eigenvalue weighted by Crippen LogP contribution is 2.37. The molecule has 1 aromatic rings. The first-order valence-corrected chi connectivity index (χ1v) is 4.80. The topological polar surface area (TPSA) is 76.3 Å². The maximum atomic E-state index is 12.3. The van der Waals surface area contributed by atoms with Crippen LogP contribution in [-0.4, -0.2) is 15.0 Å². The van der Waals surface area contributed by atoms with Crippen molar-refractivity contribution < 1.29 is 18.8 Å². The van der Waals surface area contributed by atoms with Gasteiger partial charge in [-0.2, -0.15) is 0 Å². The lowest BCUT2D eigenvalue weighted by atomic mass is 10.2. The zero-order valence-corrected chi connectivity index (χ0v) is 8.74.